The highest BCUT2D eigenvalue weighted by Gasteiger charge is 2.11. The maximum Gasteiger partial charge on any atom is 0.328 e. The van der Waals surface area contributed by atoms with E-state index in [9.17, 15) is 9.59 Å². The second kappa shape index (κ2) is 10.8. The molecule has 6 nitrogen and oxygen atoms in total. The topological polar surface area (TPSA) is 89.9 Å². The van der Waals surface area contributed by atoms with Gasteiger partial charge in [-0.2, -0.15) is 0 Å². The molecule has 1 aromatic rings. The fourth-order valence-corrected chi connectivity index (χ4v) is 2.70. The fourth-order valence-electron chi connectivity index (χ4n) is 2.09. The standard InChI is InChI=1S/C12H18N2S.C4H4O4/c1-15-12-5-3-2-4-11(12)10-14-8-6-13-7-9-14;5-3(6)1-2-4(7)8/h2-5,13H,6-10H2,1H3;1-2H,(H,5,6)(H,7,8)/b;2-1+. The molecule has 0 radical (unpaired) electrons. The molecule has 0 bridgehead atoms. The number of benzene rings is 1. The summed E-state index contributed by atoms with van der Waals surface area (Å²) in [5, 5.41) is 19.0. The average molecular weight is 338 g/mol. The van der Waals surface area contributed by atoms with Crippen molar-refractivity contribution in [2.24, 2.45) is 0 Å². The van der Waals surface area contributed by atoms with E-state index in [2.05, 4.69) is 40.7 Å². The molecule has 1 heterocycles. The number of hydrogen-bond donors (Lipinski definition) is 3. The number of carbonyl (C=O) groups is 2. The first kappa shape index (κ1) is 19.2. The quantitative estimate of drug-likeness (QED) is 0.554. The van der Waals surface area contributed by atoms with Crippen molar-refractivity contribution in [2.45, 2.75) is 11.4 Å². The number of thioether (sulfide) groups is 1. The second-order valence-corrected chi connectivity index (χ2v) is 5.70. The van der Waals surface area contributed by atoms with Gasteiger partial charge in [-0.15, -0.1) is 11.8 Å². The Morgan fingerprint density at radius 1 is 1.17 bits per heavy atom. The third-order valence-corrected chi connectivity index (χ3v) is 4.00. The van der Waals surface area contributed by atoms with E-state index in [4.69, 9.17) is 10.2 Å². The molecule has 23 heavy (non-hydrogen) atoms. The minimum absolute atomic E-state index is 0.558. The van der Waals surface area contributed by atoms with Gasteiger partial charge < -0.3 is 15.5 Å². The zero-order valence-electron chi connectivity index (χ0n) is 13.1. The Bertz CT molecular complexity index is 527. The molecule has 1 aliphatic rings. The Hall–Kier alpha value is -1.83. The molecule has 126 valence electrons. The molecular formula is C16H22N2O4S. The highest BCUT2D eigenvalue weighted by atomic mass is 32.2. The number of carboxylic acids is 2. The van der Waals surface area contributed by atoms with Crippen LogP contribution in [0.2, 0.25) is 0 Å². The Morgan fingerprint density at radius 2 is 1.74 bits per heavy atom. The number of nitrogens with zero attached hydrogens (tertiary/aromatic N) is 1. The average Bonchev–Trinajstić information content (AvgIpc) is 2.55. The van der Waals surface area contributed by atoms with Crippen molar-refractivity contribution < 1.29 is 19.8 Å². The van der Waals surface area contributed by atoms with Crippen LogP contribution in [0.25, 0.3) is 0 Å². The third-order valence-electron chi connectivity index (χ3n) is 3.16. The molecule has 2 rings (SSSR count). The van der Waals surface area contributed by atoms with Crippen molar-refractivity contribution in [1.82, 2.24) is 10.2 Å². The van der Waals surface area contributed by atoms with Gasteiger partial charge in [0, 0.05) is 49.8 Å². The van der Waals surface area contributed by atoms with E-state index in [0.29, 0.717) is 12.2 Å². The zero-order valence-corrected chi connectivity index (χ0v) is 13.9. The predicted octanol–water partition coefficient (Wildman–Crippen LogP) is 1.53. The van der Waals surface area contributed by atoms with Crippen LogP contribution in [0.3, 0.4) is 0 Å². The molecule has 1 fully saturated rings. The summed E-state index contributed by atoms with van der Waals surface area (Å²) in [4.78, 5) is 23.0. The third kappa shape index (κ3) is 8.39. The number of piperazine rings is 1. The van der Waals surface area contributed by atoms with Crippen LogP contribution >= 0.6 is 11.8 Å². The number of aliphatic carboxylic acids is 2. The van der Waals surface area contributed by atoms with Gasteiger partial charge in [-0.1, -0.05) is 18.2 Å². The molecule has 1 aromatic carbocycles. The smallest absolute Gasteiger partial charge is 0.328 e. The van der Waals surface area contributed by atoms with E-state index in [1.165, 1.54) is 23.5 Å². The van der Waals surface area contributed by atoms with Crippen LogP contribution in [0.4, 0.5) is 0 Å². The first-order valence-electron chi connectivity index (χ1n) is 7.22. The van der Waals surface area contributed by atoms with Gasteiger partial charge in [-0.3, -0.25) is 4.90 Å². The van der Waals surface area contributed by atoms with Crippen molar-refractivity contribution in [2.75, 3.05) is 32.4 Å². The van der Waals surface area contributed by atoms with Gasteiger partial charge in [-0.25, -0.2) is 9.59 Å². The van der Waals surface area contributed by atoms with Gasteiger partial charge in [0.05, 0.1) is 0 Å². The predicted molar refractivity (Wildman–Crippen MR) is 90.8 cm³/mol. The molecule has 0 unspecified atom stereocenters. The Balaban J connectivity index is 0.000000284. The molecule has 0 aromatic heterocycles. The normalized spacial score (nSPS) is 15.0. The molecule has 1 aliphatic heterocycles. The molecule has 0 amide bonds. The van der Waals surface area contributed by atoms with Crippen molar-refractivity contribution in [3.8, 4) is 0 Å². The Kier molecular flexibility index (Phi) is 9.04. The summed E-state index contributed by atoms with van der Waals surface area (Å²) in [5.41, 5.74) is 1.46. The highest BCUT2D eigenvalue weighted by molar-refractivity contribution is 7.98. The lowest BCUT2D eigenvalue weighted by atomic mass is 10.2. The molecule has 0 saturated carbocycles. The Morgan fingerprint density at radius 3 is 2.26 bits per heavy atom. The van der Waals surface area contributed by atoms with Crippen molar-refractivity contribution >= 4 is 23.7 Å². The molecule has 7 heteroatoms. The fraction of sp³-hybridized carbons (Fsp3) is 0.375. The maximum absolute atomic E-state index is 9.55. The molecule has 0 atom stereocenters. The Labute approximate surface area is 140 Å². The minimum Gasteiger partial charge on any atom is -0.478 e. The van der Waals surface area contributed by atoms with Crippen LogP contribution in [0.1, 0.15) is 5.56 Å². The molecule has 0 spiro atoms. The maximum atomic E-state index is 9.55. The number of carboxylic acid groups (broad SMARTS) is 2. The SMILES string of the molecule is CSc1ccccc1CN1CCNCC1.O=C(O)/C=C/C(=O)O. The number of nitrogens with one attached hydrogen (secondary N) is 1. The van der Waals surface area contributed by atoms with E-state index in [0.717, 1.165) is 19.6 Å². The van der Waals surface area contributed by atoms with Gasteiger partial charge in [0.25, 0.3) is 0 Å². The number of rotatable bonds is 5. The largest absolute Gasteiger partial charge is 0.478 e. The molecule has 3 N–H and O–H groups in total. The first-order valence-corrected chi connectivity index (χ1v) is 8.44. The lowest BCUT2D eigenvalue weighted by Gasteiger charge is -2.27. The molecule has 0 aliphatic carbocycles. The van der Waals surface area contributed by atoms with E-state index in [1.807, 2.05) is 11.8 Å². The van der Waals surface area contributed by atoms with Crippen molar-refractivity contribution in [1.29, 1.82) is 0 Å². The highest BCUT2D eigenvalue weighted by Crippen LogP contribution is 2.21. The summed E-state index contributed by atoms with van der Waals surface area (Å²) >= 11 is 1.84. The summed E-state index contributed by atoms with van der Waals surface area (Å²) in [6, 6.07) is 8.71. The lowest BCUT2D eigenvalue weighted by Crippen LogP contribution is -2.42. The zero-order chi connectivity index (χ0) is 17.1. The molecular weight excluding hydrogens is 316 g/mol. The van der Waals surface area contributed by atoms with Crippen LogP contribution in [0.5, 0.6) is 0 Å². The van der Waals surface area contributed by atoms with Gasteiger partial charge in [0.15, 0.2) is 0 Å². The minimum atomic E-state index is -1.26. The van der Waals surface area contributed by atoms with Gasteiger partial charge >= 0.3 is 11.9 Å². The van der Waals surface area contributed by atoms with E-state index in [-0.39, 0.29) is 0 Å². The summed E-state index contributed by atoms with van der Waals surface area (Å²) in [7, 11) is 0. The van der Waals surface area contributed by atoms with Gasteiger partial charge in [-0.05, 0) is 17.9 Å². The van der Waals surface area contributed by atoms with E-state index >= 15 is 0 Å². The van der Waals surface area contributed by atoms with Crippen molar-refractivity contribution in [3.05, 3.63) is 42.0 Å². The first-order chi connectivity index (χ1) is 11.0. The summed E-state index contributed by atoms with van der Waals surface area (Å²) in [6.07, 6.45) is 3.27. The van der Waals surface area contributed by atoms with Gasteiger partial charge in [0.1, 0.15) is 0 Å². The number of hydrogen-bond acceptors (Lipinski definition) is 5. The van der Waals surface area contributed by atoms with Crippen LogP contribution in [-0.2, 0) is 16.1 Å². The monoisotopic (exact) mass is 338 g/mol. The summed E-state index contributed by atoms with van der Waals surface area (Å²) in [5.74, 6) is -2.51. The summed E-state index contributed by atoms with van der Waals surface area (Å²) < 4.78 is 0. The van der Waals surface area contributed by atoms with Crippen LogP contribution in [0, 0.1) is 0 Å². The second-order valence-electron chi connectivity index (χ2n) is 4.85. The summed E-state index contributed by atoms with van der Waals surface area (Å²) in [6.45, 7) is 5.69. The van der Waals surface area contributed by atoms with E-state index < -0.39 is 11.9 Å². The molecule has 1 saturated heterocycles. The van der Waals surface area contributed by atoms with E-state index in [1.54, 1.807) is 0 Å². The van der Waals surface area contributed by atoms with Crippen molar-refractivity contribution in [3.63, 3.8) is 0 Å². The van der Waals surface area contributed by atoms with Crippen LogP contribution in [-0.4, -0.2) is 59.5 Å². The lowest BCUT2D eigenvalue weighted by molar-refractivity contribution is -0.134. The van der Waals surface area contributed by atoms with Crippen LogP contribution < -0.4 is 5.32 Å². The van der Waals surface area contributed by atoms with Crippen LogP contribution in [0.15, 0.2) is 41.3 Å². The van der Waals surface area contributed by atoms with Gasteiger partial charge in [0.2, 0.25) is 0 Å².